The summed E-state index contributed by atoms with van der Waals surface area (Å²) in [6.07, 6.45) is 7.45. The van der Waals surface area contributed by atoms with Crippen LogP contribution in [0.2, 0.25) is 0 Å². The van der Waals surface area contributed by atoms with E-state index >= 15 is 0 Å². The molecule has 0 amide bonds. The van der Waals surface area contributed by atoms with Gasteiger partial charge in [0.05, 0.1) is 12.3 Å². The van der Waals surface area contributed by atoms with Crippen molar-refractivity contribution in [2.45, 2.75) is 97.5 Å². The zero-order chi connectivity index (χ0) is 25.2. The number of halogens is 5. The highest BCUT2D eigenvalue weighted by molar-refractivity contribution is 5.81. The molecule has 1 rings (SSSR count). The average Bonchev–Trinajstić information content (AvgIpc) is 2.73. The summed E-state index contributed by atoms with van der Waals surface area (Å²) in [5.74, 6) is -16.1. The fourth-order valence-electron chi connectivity index (χ4n) is 3.27. The van der Waals surface area contributed by atoms with Crippen molar-refractivity contribution in [1.29, 1.82) is 0 Å². The summed E-state index contributed by atoms with van der Waals surface area (Å²) in [5, 5.41) is 0. The van der Waals surface area contributed by atoms with Crippen LogP contribution in [-0.2, 0) is 14.3 Å². The van der Waals surface area contributed by atoms with Crippen LogP contribution < -0.4 is 4.74 Å². The Labute approximate surface area is 191 Å². The van der Waals surface area contributed by atoms with Crippen LogP contribution >= 0.6 is 0 Å². The Kier molecular flexibility index (Phi) is 11.8. The summed E-state index contributed by atoms with van der Waals surface area (Å²) in [6, 6.07) is 0. The molecule has 4 nitrogen and oxygen atoms in total. The van der Waals surface area contributed by atoms with Gasteiger partial charge in [-0.1, -0.05) is 58.3 Å². The highest BCUT2D eigenvalue weighted by atomic mass is 19.2. The average molecular weight is 481 g/mol. The number of rotatable bonds is 13. The lowest BCUT2D eigenvalue weighted by molar-refractivity contribution is -0.159. The molecule has 1 atom stereocenters. The van der Waals surface area contributed by atoms with Crippen molar-refractivity contribution in [3.63, 3.8) is 0 Å². The van der Waals surface area contributed by atoms with Crippen LogP contribution in [0.5, 0.6) is 5.75 Å². The largest absolute Gasteiger partial charge is 0.460 e. The van der Waals surface area contributed by atoms with Crippen LogP contribution in [0.4, 0.5) is 22.0 Å². The lowest BCUT2D eigenvalue weighted by Gasteiger charge is -2.22. The van der Waals surface area contributed by atoms with E-state index in [9.17, 15) is 31.5 Å². The smallest absolute Gasteiger partial charge is 0.315 e. The van der Waals surface area contributed by atoms with E-state index in [-0.39, 0.29) is 6.42 Å². The minimum atomic E-state index is -2.35. The maximum absolute atomic E-state index is 13.9. The van der Waals surface area contributed by atoms with Crippen LogP contribution in [-0.4, -0.2) is 17.5 Å². The first-order valence-corrected chi connectivity index (χ1v) is 11.3. The van der Waals surface area contributed by atoms with E-state index in [0.29, 0.717) is 6.42 Å². The maximum atomic E-state index is 13.9. The second kappa shape index (κ2) is 13.5. The number of ether oxygens (including phenoxy) is 2. The minimum Gasteiger partial charge on any atom is -0.460 e. The number of carbonyl (C=O) groups is 2. The first kappa shape index (κ1) is 28.8. The molecule has 0 aliphatic carbocycles. The van der Waals surface area contributed by atoms with Crippen LogP contribution in [0.15, 0.2) is 0 Å². The molecule has 0 spiro atoms. The van der Waals surface area contributed by atoms with Crippen LogP contribution in [0.3, 0.4) is 0 Å². The van der Waals surface area contributed by atoms with Crippen molar-refractivity contribution in [3.8, 4) is 5.75 Å². The third-order valence-corrected chi connectivity index (χ3v) is 4.94. The molecule has 0 N–H and O–H groups in total. The molecule has 0 aromatic heterocycles. The SMILES string of the molecule is CCCCCCCCCC[C@@H](CC(=O)OC(C)(C)C)C(=O)Oc1c(F)c(F)c(F)c(F)c1F. The Bertz CT molecular complexity index is 776. The van der Waals surface area contributed by atoms with Gasteiger partial charge in [-0.05, 0) is 27.2 Å². The lowest BCUT2D eigenvalue weighted by Crippen LogP contribution is -2.29. The molecule has 1 aromatic rings. The van der Waals surface area contributed by atoms with E-state index in [4.69, 9.17) is 4.74 Å². The Morgan fingerprint density at radius 3 is 1.70 bits per heavy atom. The molecule has 0 saturated heterocycles. The number of carbonyl (C=O) groups excluding carboxylic acids is 2. The van der Waals surface area contributed by atoms with Crippen LogP contribution in [0.1, 0.15) is 91.9 Å². The first-order chi connectivity index (χ1) is 15.4. The van der Waals surface area contributed by atoms with Gasteiger partial charge in [-0.2, -0.15) is 8.78 Å². The van der Waals surface area contributed by atoms with Gasteiger partial charge in [0.2, 0.25) is 34.8 Å². The van der Waals surface area contributed by atoms with E-state index in [1.807, 2.05) is 0 Å². The molecule has 1 aromatic carbocycles. The van der Waals surface area contributed by atoms with E-state index in [1.165, 1.54) is 6.42 Å². The fraction of sp³-hybridized carbons (Fsp3) is 0.667. The summed E-state index contributed by atoms with van der Waals surface area (Å²) < 4.78 is 77.6. The molecule has 0 heterocycles. The van der Waals surface area contributed by atoms with Gasteiger partial charge in [0.25, 0.3) is 0 Å². The zero-order valence-electron chi connectivity index (χ0n) is 19.7. The van der Waals surface area contributed by atoms with E-state index in [0.717, 1.165) is 38.5 Å². The van der Waals surface area contributed by atoms with Gasteiger partial charge >= 0.3 is 11.9 Å². The van der Waals surface area contributed by atoms with Gasteiger partial charge in [-0.25, -0.2) is 13.2 Å². The van der Waals surface area contributed by atoms with Gasteiger partial charge in [0.1, 0.15) is 5.60 Å². The highest BCUT2D eigenvalue weighted by Crippen LogP contribution is 2.30. The van der Waals surface area contributed by atoms with Gasteiger partial charge in [-0.3, -0.25) is 9.59 Å². The van der Waals surface area contributed by atoms with Gasteiger partial charge in [0.15, 0.2) is 0 Å². The fourth-order valence-corrected chi connectivity index (χ4v) is 3.27. The molecule has 0 bridgehead atoms. The number of hydrogen-bond donors (Lipinski definition) is 0. The Balaban J connectivity index is 2.86. The van der Waals surface area contributed by atoms with Crippen molar-refractivity contribution in [2.24, 2.45) is 5.92 Å². The quantitative estimate of drug-likeness (QED) is 0.0750. The summed E-state index contributed by atoms with van der Waals surface area (Å²) >= 11 is 0. The van der Waals surface area contributed by atoms with Gasteiger partial charge in [-0.15, -0.1) is 0 Å². The van der Waals surface area contributed by atoms with Crippen molar-refractivity contribution >= 4 is 11.9 Å². The number of benzene rings is 1. The minimum absolute atomic E-state index is 0.141. The molecule has 0 fully saturated rings. The Hall–Kier alpha value is -2.19. The molecule has 0 aliphatic rings. The standard InChI is InChI=1S/C24H33F5O4/c1-5-6-7-8-9-10-11-12-13-15(14-16(30)33-24(2,3)4)23(31)32-22-20(28)18(26)17(25)19(27)21(22)29/h15H,5-14H2,1-4H3/t15-/m0/s1. The summed E-state index contributed by atoms with van der Waals surface area (Å²) in [7, 11) is 0. The normalized spacial score (nSPS) is 12.5. The molecular weight excluding hydrogens is 447 g/mol. The Morgan fingerprint density at radius 2 is 1.21 bits per heavy atom. The zero-order valence-corrected chi connectivity index (χ0v) is 19.7. The third kappa shape index (κ3) is 9.68. The second-order valence-electron chi connectivity index (χ2n) is 9.07. The molecule has 0 unspecified atom stereocenters. The van der Waals surface area contributed by atoms with E-state index in [2.05, 4.69) is 11.7 Å². The number of esters is 2. The molecule has 188 valence electrons. The molecule has 33 heavy (non-hydrogen) atoms. The topological polar surface area (TPSA) is 52.6 Å². The van der Waals surface area contributed by atoms with Crippen molar-refractivity contribution in [3.05, 3.63) is 29.1 Å². The van der Waals surface area contributed by atoms with Crippen molar-refractivity contribution < 1.29 is 41.0 Å². The molecule has 0 saturated carbocycles. The van der Waals surface area contributed by atoms with Gasteiger partial charge < -0.3 is 9.47 Å². The van der Waals surface area contributed by atoms with Crippen LogP contribution in [0.25, 0.3) is 0 Å². The highest BCUT2D eigenvalue weighted by Gasteiger charge is 2.32. The molecular formula is C24H33F5O4. The molecule has 0 aliphatic heterocycles. The third-order valence-electron chi connectivity index (χ3n) is 4.94. The summed E-state index contributed by atoms with van der Waals surface area (Å²) in [4.78, 5) is 24.8. The summed E-state index contributed by atoms with van der Waals surface area (Å²) in [6.45, 7) is 7.01. The molecule has 0 radical (unpaired) electrons. The second-order valence-corrected chi connectivity index (χ2v) is 9.07. The van der Waals surface area contributed by atoms with Crippen LogP contribution in [0, 0.1) is 35.0 Å². The predicted octanol–water partition coefficient (Wildman–Crippen LogP) is 7.17. The Morgan fingerprint density at radius 1 is 0.758 bits per heavy atom. The first-order valence-electron chi connectivity index (χ1n) is 11.3. The number of hydrogen-bond acceptors (Lipinski definition) is 4. The molecule has 9 heteroatoms. The van der Waals surface area contributed by atoms with Gasteiger partial charge in [0, 0.05) is 0 Å². The van der Waals surface area contributed by atoms with E-state index < -0.39 is 64.7 Å². The maximum Gasteiger partial charge on any atom is 0.315 e. The summed E-state index contributed by atoms with van der Waals surface area (Å²) in [5.41, 5.74) is -0.828. The number of unbranched alkanes of at least 4 members (excludes halogenated alkanes) is 7. The van der Waals surface area contributed by atoms with Crippen molar-refractivity contribution in [2.75, 3.05) is 0 Å². The van der Waals surface area contributed by atoms with E-state index in [1.54, 1.807) is 20.8 Å². The monoisotopic (exact) mass is 480 g/mol. The van der Waals surface area contributed by atoms with Crippen molar-refractivity contribution in [1.82, 2.24) is 0 Å². The predicted molar refractivity (Wildman–Crippen MR) is 113 cm³/mol. The lowest BCUT2D eigenvalue weighted by atomic mass is 9.97.